The average molecular weight is 476 g/mol. The molecule has 0 spiro atoms. The number of nitro groups is 1. The Bertz CT molecular complexity index is 1080. The molecule has 0 aliphatic rings. The van der Waals surface area contributed by atoms with Crippen LogP contribution in [0.2, 0.25) is 0 Å². The summed E-state index contributed by atoms with van der Waals surface area (Å²) in [7, 11) is -4.17. The molecular formula is C15H11BrFN3O7S. The first kappa shape index (κ1) is 21.4. The van der Waals surface area contributed by atoms with Crippen molar-refractivity contribution in [1.82, 2.24) is 0 Å². The van der Waals surface area contributed by atoms with E-state index in [0.29, 0.717) is 6.07 Å². The number of esters is 1. The number of non-ortho nitro benzene ring substituents is 1. The van der Waals surface area contributed by atoms with Crippen molar-refractivity contribution in [2.45, 2.75) is 4.90 Å². The van der Waals surface area contributed by atoms with Crippen molar-refractivity contribution < 1.29 is 32.1 Å². The van der Waals surface area contributed by atoms with Crippen LogP contribution in [0, 0.1) is 15.9 Å². The molecule has 3 N–H and O–H groups in total. The van der Waals surface area contributed by atoms with E-state index in [1.54, 1.807) is 0 Å². The molecule has 0 fully saturated rings. The highest BCUT2D eigenvalue weighted by atomic mass is 79.9. The van der Waals surface area contributed by atoms with Crippen molar-refractivity contribution in [1.29, 1.82) is 0 Å². The molecule has 0 aromatic heterocycles. The molecule has 10 nitrogen and oxygen atoms in total. The Hall–Kier alpha value is -2.90. The molecule has 13 heteroatoms. The smallest absolute Gasteiger partial charge is 0.341 e. The van der Waals surface area contributed by atoms with Gasteiger partial charge < -0.3 is 10.1 Å². The Morgan fingerprint density at radius 2 is 1.93 bits per heavy atom. The summed E-state index contributed by atoms with van der Waals surface area (Å²) in [4.78, 5) is 33.4. The first-order valence-corrected chi connectivity index (χ1v) is 9.56. The van der Waals surface area contributed by atoms with Gasteiger partial charge in [0.15, 0.2) is 6.61 Å². The monoisotopic (exact) mass is 475 g/mol. The van der Waals surface area contributed by atoms with E-state index in [1.807, 2.05) is 0 Å². The summed E-state index contributed by atoms with van der Waals surface area (Å²) in [6, 6.07) is 5.87. The molecule has 28 heavy (non-hydrogen) atoms. The zero-order valence-corrected chi connectivity index (χ0v) is 16.1. The van der Waals surface area contributed by atoms with Crippen molar-refractivity contribution in [2.24, 2.45) is 5.14 Å². The lowest BCUT2D eigenvalue weighted by atomic mass is 10.2. The molecule has 0 atom stereocenters. The van der Waals surface area contributed by atoms with Gasteiger partial charge in [-0.1, -0.05) is 0 Å². The number of hydrogen-bond acceptors (Lipinski definition) is 7. The van der Waals surface area contributed by atoms with Crippen molar-refractivity contribution in [3.05, 3.63) is 62.4 Å². The van der Waals surface area contributed by atoms with Crippen molar-refractivity contribution >= 4 is 49.2 Å². The standard InChI is InChI=1S/C15H11BrFN3O7S/c16-11-5-8(20(23)24)1-4-13(11)19-14(21)7-27-15(22)10-6-9(28(18,25)26)2-3-12(10)17/h1-6H,7H2,(H,19,21)(H2,18,25,26). The molecular weight excluding hydrogens is 465 g/mol. The van der Waals surface area contributed by atoms with Crippen LogP contribution >= 0.6 is 15.9 Å². The zero-order chi connectivity index (χ0) is 21.1. The van der Waals surface area contributed by atoms with E-state index in [0.717, 1.165) is 24.3 Å². The molecule has 0 aliphatic carbocycles. The number of amides is 1. The lowest BCUT2D eigenvalue weighted by Crippen LogP contribution is -2.22. The molecule has 0 saturated carbocycles. The van der Waals surface area contributed by atoms with Gasteiger partial charge in [-0.15, -0.1) is 0 Å². The molecule has 2 rings (SSSR count). The van der Waals surface area contributed by atoms with Gasteiger partial charge in [-0.05, 0) is 40.2 Å². The quantitative estimate of drug-likeness (QED) is 0.366. The number of carbonyl (C=O) groups excluding carboxylic acids is 2. The summed E-state index contributed by atoms with van der Waals surface area (Å²) >= 11 is 3.05. The van der Waals surface area contributed by atoms with E-state index in [4.69, 9.17) is 5.14 Å². The molecule has 0 saturated heterocycles. The van der Waals surface area contributed by atoms with Gasteiger partial charge in [0.1, 0.15) is 5.82 Å². The fourth-order valence-electron chi connectivity index (χ4n) is 1.95. The topological polar surface area (TPSA) is 159 Å². The van der Waals surface area contributed by atoms with Crippen LogP contribution in [0.15, 0.2) is 45.8 Å². The molecule has 1 amide bonds. The minimum atomic E-state index is -4.17. The number of rotatable bonds is 6. The molecule has 0 unspecified atom stereocenters. The second-order valence-electron chi connectivity index (χ2n) is 5.23. The predicted octanol–water partition coefficient (Wildman–Crippen LogP) is 1.94. The predicted molar refractivity (Wildman–Crippen MR) is 97.5 cm³/mol. The Labute approximate surface area is 165 Å². The van der Waals surface area contributed by atoms with Gasteiger partial charge in [0.25, 0.3) is 11.6 Å². The fourth-order valence-corrected chi connectivity index (χ4v) is 2.96. The van der Waals surface area contributed by atoms with Gasteiger partial charge in [0, 0.05) is 16.6 Å². The number of anilines is 1. The van der Waals surface area contributed by atoms with Crippen LogP contribution < -0.4 is 10.5 Å². The van der Waals surface area contributed by atoms with E-state index in [2.05, 4.69) is 26.0 Å². The Balaban J connectivity index is 2.05. The molecule has 0 aliphatic heterocycles. The van der Waals surface area contributed by atoms with Crippen molar-refractivity contribution in [2.75, 3.05) is 11.9 Å². The van der Waals surface area contributed by atoms with Gasteiger partial charge in [0.2, 0.25) is 10.0 Å². The fraction of sp³-hybridized carbons (Fsp3) is 0.0667. The summed E-state index contributed by atoms with van der Waals surface area (Å²) in [5.41, 5.74) is -0.744. The number of nitrogens with two attached hydrogens (primary N) is 1. The average Bonchev–Trinajstić information content (AvgIpc) is 2.60. The molecule has 0 radical (unpaired) electrons. The number of nitrogens with one attached hydrogen (secondary N) is 1. The van der Waals surface area contributed by atoms with E-state index < -0.39 is 49.7 Å². The highest BCUT2D eigenvalue weighted by Crippen LogP contribution is 2.27. The first-order chi connectivity index (χ1) is 13.0. The Morgan fingerprint density at radius 1 is 1.25 bits per heavy atom. The van der Waals surface area contributed by atoms with Crippen LogP contribution in [0.3, 0.4) is 0 Å². The molecule has 2 aromatic carbocycles. The van der Waals surface area contributed by atoms with E-state index in [-0.39, 0.29) is 15.8 Å². The number of nitrogens with zero attached hydrogens (tertiary/aromatic N) is 1. The highest BCUT2D eigenvalue weighted by Gasteiger charge is 2.19. The summed E-state index contributed by atoms with van der Waals surface area (Å²) < 4.78 is 41.2. The molecule has 0 bridgehead atoms. The number of nitro benzene ring substituents is 1. The molecule has 2 aromatic rings. The van der Waals surface area contributed by atoms with Gasteiger partial charge in [0.05, 0.1) is 21.1 Å². The highest BCUT2D eigenvalue weighted by molar-refractivity contribution is 9.10. The minimum absolute atomic E-state index is 0.175. The van der Waals surface area contributed by atoms with Crippen LogP contribution in [0.1, 0.15) is 10.4 Å². The number of ether oxygens (including phenoxy) is 1. The number of sulfonamides is 1. The maximum atomic E-state index is 13.7. The maximum Gasteiger partial charge on any atom is 0.341 e. The Kier molecular flexibility index (Phi) is 6.43. The molecule has 148 valence electrons. The van der Waals surface area contributed by atoms with Crippen LogP contribution in [-0.4, -0.2) is 31.8 Å². The molecule has 0 heterocycles. The van der Waals surface area contributed by atoms with Gasteiger partial charge in [-0.3, -0.25) is 14.9 Å². The van der Waals surface area contributed by atoms with Gasteiger partial charge in [-0.2, -0.15) is 0 Å². The lowest BCUT2D eigenvalue weighted by Gasteiger charge is -2.09. The lowest BCUT2D eigenvalue weighted by molar-refractivity contribution is -0.384. The van der Waals surface area contributed by atoms with Crippen molar-refractivity contribution in [3.8, 4) is 0 Å². The van der Waals surface area contributed by atoms with E-state index in [9.17, 15) is 32.5 Å². The largest absolute Gasteiger partial charge is 0.452 e. The number of hydrogen-bond donors (Lipinski definition) is 2. The van der Waals surface area contributed by atoms with E-state index in [1.165, 1.54) is 6.07 Å². The van der Waals surface area contributed by atoms with Crippen molar-refractivity contribution in [3.63, 3.8) is 0 Å². The van der Waals surface area contributed by atoms with Crippen LogP contribution in [0.25, 0.3) is 0 Å². The summed E-state index contributed by atoms with van der Waals surface area (Å²) in [5.74, 6) is -3.15. The third-order valence-electron chi connectivity index (χ3n) is 3.26. The normalized spacial score (nSPS) is 11.0. The van der Waals surface area contributed by atoms with Crippen LogP contribution in [0.4, 0.5) is 15.8 Å². The minimum Gasteiger partial charge on any atom is -0.452 e. The number of benzene rings is 2. The first-order valence-electron chi connectivity index (χ1n) is 7.22. The number of carbonyl (C=O) groups is 2. The SMILES string of the molecule is NS(=O)(=O)c1ccc(F)c(C(=O)OCC(=O)Nc2ccc([N+](=O)[O-])cc2Br)c1. The van der Waals surface area contributed by atoms with Crippen LogP contribution in [0.5, 0.6) is 0 Å². The second-order valence-corrected chi connectivity index (χ2v) is 7.65. The summed E-state index contributed by atoms with van der Waals surface area (Å²) in [6.07, 6.45) is 0. The maximum absolute atomic E-state index is 13.7. The number of halogens is 2. The third-order valence-corrected chi connectivity index (χ3v) is 4.83. The second kappa shape index (κ2) is 8.41. The Morgan fingerprint density at radius 3 is 2.50 bits per heavy atom. The summed E-state index contributed by atoms with van der Waals surface area (Å²) in [6.45, 7) is -0.818. The summed E-state index contributed by atoms with van der Waals surface area (Å²) in [5, 5.41) is 17.9. The number of primary sulfonamides is 1. The van der Waals surface area contributed by atoms with E-state index >= 15 is 0 Å². The third kappa shape index (κ3) is 5.31. The van der Waals surface area contributed by atoms with Gasteiger partial charge in [-0.25, -0.2) is 22.7 Å². The zero-order valence-electron chi connectivity index (χ0n) is 13.7. The van der Waals surface area contributed by atoms with Gasteiger partial charge >= 0.3 is 5.97 Å². The van der Waals surface area contributed by atoms with Crippen LogP contribution in [-0.2, 0) is 19.6 Å².